The van der Waals surface area contributed by atoms with Crippen LogP contribution in [0.3, 0.4) is 0 Å². The molecule has 4 aliphatic heterocycles. The molecule has 432 valence electrons. The Hall–Kier alpha value is -10.6. The van der Waals surface area contributed by atoms with Crippen molar-refractivity contribution in [2.45, 2.75) is 0 Å². The van der Waals surface area contributed by atoms with Gasteiger partial charge in [-0.05, 0) is 101 Å². The lowest BCUT2D eigenvalue weighted by atomic mass is 10.0. The lowest BCUT2D eigenvalue weighted by Crippen LogP contribution is -2.34. The van der Waals surface area contributed by atoms with Gasteiger partial charge in [0.25, 0.3) is 0 Å². The first-order valence-electron chi connectivity index (χ1n) is 26.1. The molecule has 0 spiro atoms. The fourth-order valence-electron chi connectivity index (χ4n) is 8.70. The van der Waals surface area contributed by atoms with Crippen LogP contribution in [0.5, 0.6) is 0 Å². The minimum Gasteiger partial charge on any atom is -0.465 e. The molecule has 0 amide bonds. The first-order valence-corrected chi connectivity index (χ1v) is 27.3. The van der Waals surface area contributed by atoms with Crippen LogP contribution in [0.4, 0.5) is 0 Å². The third-order valence-electron chi connectivity index (χ3n) is 12.7. The maximum Gasteiger partial charge on any atom is 0.338 e. The van der Waals surface area contributed by atoms with Gasteiger partial charge < -0.3 is 27.4 Å². The van der Waals surface area contributed by atoms with E-state index in [4.69, 9.17) is 51.4 Å². The Morgan fingerprint density at radius 1 is 0.535 bits per heavy atom. The minimum atomic E-state index is -0.353. The van der Waals surface area contributed by atoms with Crippen LogP contribution in [-0.2, 0) is 4.74 Å². The van der Waals surface area contributed by atoms with E-state index in [1.807, 2.05) is 160 Å². The van der Waals surface area contributed by atoms with Gasteiger partial charge in [0.15, 0.2) is 42.8 Å². The number of nitrogens with two attached hydrogens (primary N) is 4. The van der Waals surface area contributed by atoms with E-state index < -0.39 is 0 Å². The Morgan fingerprint density at radius 3 is 1.24 bits per heavy atom. The standard InChI is InChI=1S/C15H14N6S.C15H14N3O2.C14H12N6S.C14H12N3O.CH5N3S/c1-21-9-11(8-18-21)14-6-10(7-17-20-15(16)22)12-4-2-3-5-13(12)19-14;1-18-9-10(8-16-18)14-7-12(15(19)20-2)11-5-3-4-6-13(11)17-14;15-14(21)20-18-6-9-5-13(10-7-16-17-8-10)19-12-4-2-1-3-11(9)12;1-17-8-11(7-15-17)14-6-10(9-18)12-4-2-3-5-13(12)16-14;2-1(5)4-3/h2-7,9H,8H2,1H3,(H2-,16,19,20,22);3-7,9H,8H2,1-2H3;1-7H,8H2,(H3,15,20,21);2-6,8-9H,7H2,1H3;3H2,(H3,2,4,5)/q;+1;;+1;/p+1/b;;18-6+;;. The summed E-state index contributed by atoms with van der Waals surface area (Å²) in [7, 11) is 7.04. The van der Waals surface area contributed by atoms with E-state index in [-0.39, 0.29) is 21.3 Å². The van der Waals surface area contributed by atoms with Crippen molar-refractivity contribution in [1.82, 2.24) is 36.2 Å². The van der Waals surface area contributed by atoms with Gasteiger partial charge >= 0.3 is 5.97 Å². The summed E-state index contributed by atoms with van der Waals surface area (Å²) in [4.78, 5) is 41.7. The highest BCUT2D eigenvalue weighted by Crippen LogP contribution is 2.28. The predicted octanol–water partition coefficient (Wildman–Crippen LogP) is 7.72. The number of thiocarbonyl (C=S) groups is 3. The van der Waals surface area contributed by atoms with E-state index >= 15 is 0 Å². The maximum absolute atomic E-state index is 12.0. The van der Waals surface area contributed by atoms with Crippen molar-refractivity contribution in [2.24, 2.45) is 58.8 Å². The highest BCUT2D eigenvalue weighted by atomic mass is 32.1. The van der Waals surface area contributed by atoms with Gasteiger partial charge in [-0.3, -0.25) is 15.6 Å². The van der Waals surface area contributed by atoms with E-state index in [1.54, 1.807) is 38.8 Å². The molecule has 0 bridgehead atoms. The van der Waals surface area contributed by atoms with E-state index in [1.165, 1.54) is 7.11 Å². The highest BCUT2D eigenvalue weighted by Gasteiger charge is 2.21. The van der Waals surface area contributed by atoms with Crippen LogP contribution in [0.15, 0.2) is 182 Å². The number of aromatic nitrogens is 4. The van der Waals surface area contributed by atoms with Crippen molar-refractivity contribution in [3.05, 3.63) is 191 Å². The predicted molar refractivity (Wildman–Crippen MR) is 345 cm³/mol. The number of esters is 1. The largest absolute Gasteiger partial charge is 0.465 e. The first-order chi connectivity index (χ1) is 41.6. The molecule has 11 N–H and O–H groups in total. The summed E-state index contributed by atoms with van der Waals surface area (Å²) in [6, 6.07) is 38.5. The number of hydrazone groups is 2. The number of azo groups is 7. The highest BCUT2D eigenvalue weighted by molar-refractivity contribution is 7.80. The number of fused-ring (bicyclic) bond motifs is 4. The van der Waals surface area contributed by atoms with Gasteiger partial charge in [-0.2, -0.15) is 20.4 Å². The average molecular weight is 1210 g/mol. The van der Waals surface area contributed by atoms with Crippen molar-refractivity contribution < 1.29 is 28.4 Å². The molecule has 4 aromatic carbocycles. The molecule has 0 saturated heterocycles. The molecule has 8 heterocycles. The number of hydrogen-bond acceptors (Lipinski definition) is 18. The molecule has 0 atom stereocenters. The number of benzene rings is 4. The lowest BCUT2D eigenvalue weighted by Gasteiger charge is -2.07. The summed E-state index contributed by atoms with van der Waals surface area (Å²) in [6.07, 6.45) is 11.8. The monoisotopic (exact) mass is 1200 g/mol. The molecule has 8 aromatic rings. The molecular weight excluding hydrogens is 1150 g/mol. The van der Waals surface area contributed by atoms with Crippen LogP contribution in [0.1, 0.15) is 54.6 Å². The molecular formula is C59H58N21O3S3+3. The topological polar surface area (TPSA) is 331 Å². The maximum atomic E-state index is 12.0. The Labute approximate surface area is 508 Å². The smallest absolute Gasteiger partial charge is 0.338 e. The first kappa shape index (κ1) is 61.5. The Kier molecular flexibility index (Phi) is 21.1. The number of carbonyl (C=O) groups excluding carboxylic acids is 2. The summed E-state index contributed by atoms with van der Waals surface area (Å²) in [5.74, 6) is 4.30. The van der Waals surface area contributed by atoms with Gasteiger partial charge in [0.2, 0.25) is 18.6 Å². The second-order valence-corrected chi connectivity index (χ2v) is 20.0. The number of ether oxygens (including phenoxy) is 1. The summed E-state index contributed by atoms with van der Waals surface area (Å²) < 4.78 is 10.2. The van der Waals surface area contributed by atoms with Crippen LogP contribution >= 0.6 is 36.7 Å². The molecule has 0 aliphatic carbocycles. The van der Waals surface area contributed by atoms with Gasteiger partial charge in [-0.25, -0.2) is 30.6 Å². The number of pyridine rings is 4. The normalized spacial score (nSPS) is 13.7. The molecule has 4 aliphatic rings. The summed E-state index contributed by atoms with van der Waals surface area (Å²) in [5, 5.41) is 32.8. The van der Waals surface area contributed by atoms with Crippen LogP contribution < -0.4 is 39.3 Å². The fourth-order valence-corrected chi connectivity index (χ4v) is 8.81. The van der Waals surface area contributed by atoms with Crippen LogP contribution in [0.25, 0.3) is 65.9 Å². The molecule has 4 aromatic heterocycles. The second kappa shape index (κ2) is 29.6. The quantitative estimate of drug-likeness (QED) is 0.0131. The number of nitrogens with one attached hydrogen (secondary N) is 3. The number of rotatable bonds is 10. The molecule has 0 unspecified atom stereocenters. The van der Waals surface area contributed by atoms with Crippen molar-refractivity contribution in [3.63, 3.8) is 0 Å². The molecule has 27 heteroatoms. The number of hydrogen-bond donors (Lipinski definition) is 7. The number of para-hydroxylation sites is 4. The van der Waals surface area contributed by atoms with Gasteiger partial charge in [-0.1, -0.05) is 86.9 Å². The van der Waals surface area contributed by atoms with Gasteiger partial charge in [0, 0.05) is 43.8 Å². The lowest BCUT2D eigenvalue weighted by molar-refractivity contribution is -0.491. The molecule has 0 radical (unpaired) electrons. The zero-order chi connectivity index (χ0) is 61.1. The minimum absolute atomic E-state index is 0.116. The zero-order valence-electron chi connectivity index (χ0n) is 46.9. The Morgan fingerprint density at radius 2 is 0.895 bits per heavy atom. The molecule has 86 heavy (non-hydrogen) atoms. The number of nitrogens with zero attached hydrogens (tertiary/aromatic N) is 14. The van der Waals surface area contributed by atoms with Crippen molar-refractivity contribution in [2.75, 3.05) is 54.4 Å². The van der Waals surface area contributed by atoms with Crippen molar-refractivity contribution in [3.8, 4) is 0 Å². The van der Waals surface area contributed by atoms with E-state index in [2.05, 4.69) is 79.6 Å². The fraction of sp³-hybridized carbons (Fsp3) is 0.136. The number of carbonyl (C=O) groups is 2. The van der Waals surface area contributed by atoms with Gasteiger partial charge in [0.05, 0.1) is 99.4 Å². The average Bonchev–Trinajstić information content (AvgIpc) is 3.85. The molecule has 0 fully saturated rings. The van der Waals surface area contributed by atoms with Gasteiger partial charge in [-0.15, -0.1) is 0 Å². The third kappa shape index (κ3) is 16.3. The zero-order valence-corrected chi connectivity index (χ0v) is 49.4. The third-order valence-corrected chi connectivity index (χ3v) is 13.0. The van der Waals surface area contributed by atoms with E-state index in [9.17, 15) is 9.59 Å². The Bertz CT molecular complexity index is 4300. The second-order valence-electron chi connectivity index (χ2n) is 18.7. The number of methoxy groups -OCH3 is 1. The van der Waals surface area contributed by atoms with Crippen LogP contribution in [-0.4, -0.2) is 128 Å². The van der Waals surface area contributed by atoms with E-state index in [0.29, 0.717) is 37.3 Å². The summed E-state index contributed by atoms with van der Waals surface area (Å²) in [6.45, 7) is 2.36. The number of aldehydes is 1. The summed E-state index contributed by atoms with van der Waals surface area (Å²) >= 11 is 13.7. The van der Waals surface area contributed by atoms with Crippen LogP contribution in [0.2, 0.25) is 0 Å². The van der Waals surface area contributed by atoms with E-state index in [0.717, 1.165) is 106 Å². The number of hydrazine groups is 1. The molecule has 12 rings (SSSR count). The molecule has 24 nitrogen and oxygen atoms in total. The van der Waals surface area contributed by atoms with Gasteiger partial charge in [0.1, 0.15) is 19.6 Å². The van der Waals surface area contributed by atoms with Crippen molar-refractivity contribution >= 4 is 143 Å². The van der Waals surface area contributed by atoms with Crippen molar-refractivity contribution in [1.29, 1.82) is 0 Å². The van der Waals surface area contributed by atoms with Crippen LogP contribution in [0, 0.1) is 0 Å². The SMILES string of the molecule is COC(=O)c1cc(C2=C[N+](C)=NC2)nc2ccccc12.C[N+]1=NCC(c2cc(/C=N/NC(N)=S)c3ccccc3n2)=C1.C[N+]1=NCC(c2cc(C=O)c3ccccc3n2)=C1.NC(=S)N/N=C/c1cc(C2=CN=NC2)nc2ccccc12.NNC(N)=S. The summed E-state index contributed by atoms with van der Waals surface area (Å²) in [5.41, 5.74) is 36.6. The Balaban J connectivity index is 0.000000145. The molecule has 0 saturated carbocycles.